The number of hydrogen-bond acceptors (Lipinski definition) is 3. The first-order valence-corrected chi connectivity index (χ1v) is 9.95. The molecular weight excluding hydrogens is 348 g/mol. The van der Waals surface area contributed by atoms with Crippen molar-refractivity contribution in [3.05, 3.63) is 71.4 Å². The molecule has 28 heavy (non-hydrogen) atoms. The van der Waals surface area contributed by atoms with Crippen LogP contribution in [0.5, 0.6) is 0 Å². The lowest BCUT2D eigenvalue weighted by atomic mass is 9.63. The Hall–Kier alpha value is -1.97. The SMILES string of the molecule is CC(=C/C=C/C(C)=C/C=C/C=C(\C)C=O)/C=C/[C@@]12O[C@]1(C)C[C@@H](O)CC2(C)C. The van der Waals surface area contributed by atoms with E-state index in [1.54, 1.807) is 13.0 Å². The maximum absolute atomic E-state index is 10.5. The molecule has 3 nitrogen and oxygen atoms in total. The summed E-state index contributed by atoms with van der Waals surface area (Å²) >= 11 is 0. The maximum Gasteiger partial charge on any atom is 0.145 e. The standard InChI is InChI=1S/C25H34O3/c1-19(10-7-8-11-21(3)18-26)12-9-13-20(2)14-15-25-23(4,5)16-22(27)17-24(25,6)28-25/h7-15,18,22,27H,16-17H2,1-6H3/b8-7+,12-9+,15-14+,19-10+,20-13-,21-11+/t22-,24+,25-/m0/s1. The second-order valence-corrected chi connectivity index (χ2v) is 8.94. The number of aliphatic hydroxyl groups excluding tert-OH is 1. The van der Waals surface area contributed by atoms with Gasteiger partial charge in [-0.3, -0.25) is 4.79 Å². The van der Waals surface area contributed by atoms with Gasteiger partial charge in [0.05, 0.1) is 6.10 Å². The largest absolute Gasteiger partial charge is 0.393 e. The second kappa shape index (κ2) is 8.59. The number of aldehydes is 1. The van der Waals surface area contributed by atoms with E-state index in [2.05, 4.69) is 52.0 Å². The Morgan fingerprint density at radius 1 is 0.893 bits per heavy atom. The highest BCUT2D eigenvalue weighted by Gasteiger charge is 2.74. The Morgan fingerprint density at radius 3 is 2.07 bits per heavy atom. The van der Waals surface area contributed by atoms with Gasteiger partial charge in [0.15, 0.2) is 0 Å². The lowest BCUT2D eigenvalue weighted by Gasteiger charge is -2.39. The molecule has 2 aliphatic rings. The maximum atomic E-state index is 10.5. The highest BCUT2D eigenvalue weighted by Crippen LogP contribution is 2.66. The van der Waals surface area contributed by atoms with Gasteiger partial charge in [0.25, 0.3) is 0 Å². The van der Waals surface area contributed by atoms with E-state index in [1.165, 1.54) is 0 Å². The van der Waals surface area contributed by atoms with Crippen LogP contribution in [0.25, 0.3) is 0 Å². The molecule has 3 atom stereocenters. The van der Waals surface area contributed by atoms with Gasteiger partial charge in [-0.2, -0.15) is 0 Å². The van der Waals surface area contributed by atoms with Gasteiger partial charge in [0, 0.05) is 11.8 Å². The zero-order valence-electron chi connectivity index (χ0n) is 18.0. The Balaban J connectivity index is 1.99. The average Bonchev–Trinajstić information content (AvgIpc) is 3.22. The summed E-state index contributed by atoms with van der Waals surface area (Å²) in [4.78, 5) is 10.5. The van der Waals surface area contributed by atoms with E-state index in [9.17, 15) is 9.90 Å². The average molecular weight is 383 g/mol. The van der Waals surface area contributed by atoms with Gasteiger partial charge in [-0.15, -0.1) is 0 Å². The molecule has 2 fully saturated rings. The zero-order valence-corrected chi connectivity index (χ0v) is 18.0. The van der Waals surface area contributed by atoms with E-state index >= 15 is 0 Å². The number of aliphatic hydroxyl groups is 1. The van der Waals surface area contributed by atoms with Gasteiger partial charge in [0.2, 0.25) is 0 Å². The molecule has 0 unspecified atom stereocenters. The van der Waals surface area contributed by atoms with Crippen molar-refractivity contribution < 1.29 is 14.6 Å². The number of carbonyl (C=O) groups is 1. The molecule has 0 amide bonds. The number of rotatable bonds is 7. The minimum Gasteiger partial charge on any atom is -0.393 e. The zero-order chi connectivity index (χ0) is 21.0. The van der Waals surface area contributed by atoms with Crippen LogP contribution in [0.15, 0.2) is 71.4 Å². The smallest absolute Gasteiger partial charge is 0.145 e. The van der Waals surface area contributed by atoms with Crippen molar-refractivity contribution in [3.8, 4) is 0 Å². The Labute approximate surface area is 169 Å². The summed E-state index contributed by atoms with van der Waals surface area (Å²) in [6.45, 7) is 12.4. The van der Waals surface area contributed by atoms with Gasteiger partial charge < -0.3 is 9.84 Å². The van der Waals surface area contributed by atoms with Crippen LogP contribution >= 0.6 is 0 Å². The molecule has 0 spiro atoms. The molecule has 1 aliphatic carbocycles. The van der Waals surface area contributed by atoms with Crippen molar-refractivity contribution in [3.63, 3.8) is 0 Å². The van der Waals surface area contributed by atoms with Crippen LogP contribution in [0.4, 0.5) is 0 Å². The minimum atomic E-state index is -0.287. The highest BCUT2D eigenvalue weighted by molar-refractivity contribution is 5.72. The highest BCUT2D eigenvalue weighted by atomic mass is 16.6. The van der Waals surface area contributed by atoms with Crippen molar-refractivity contribution in [1.82, 2.24) is 0 Å². The van der Waals surface area contributed by atoms with Gasteiger partial charge in [0.1, 0.15) is 17.5 Å². The summed E-state index contributed by atoms with van der Waals surface area (Å²) in [5.74, 6) is 0. The third kappa shape index (κ3) is 4.89. The normalized spacial score (nSPS) is 33.7. The van der Waals surface area contributed by atoms with E-state index in [-0.39, 0.29) is 22.7 Å². The molecule has 0 aromatic rings. The lowest BCUT2D eigenvalue weighted by Crippen LogP contribution is -2.46. The van der Waals surface area contributed by atoms with Crippen LogP contribution in [0, 0.1) is 5.41 Å². The molecule has 1 N–H and O–H groups in total. The predicted molar refractivity (Wildman–Crippen MR) is 116 cm³/mol. The Bertz CT molecular complexity index is 776. The number of carbonyl (C=O) groups excluding carboxylic acids is 1. The molecule has 1 heterocycles. The van der Waals surface area contributed by atoms with Gasteiger partial charge in [-0.05, 0) is 45.8 Å². The van der Waals surface area contributed by atoms with Crippen molar-refractivity contribution in [1.29, 1.82) is 0 Å². The third-order valence-corrected chi connectivity index (χ3v) is 5.82. The van der Waals surface area contributed by atoms with Crippen LogP contribution < -0.4 is 0 Å². The minimum absolute atomic E-state index is 0.0889. The van der Waals surface area contributed by atoms with Crippen LogP contribution in [0.2, 0.25) is 0 Å². The second-order valence-electron chi connectivity index (χ2n) is 8.94. The van der Waals surface area contributed by atoms with Crippen LogP contribution in [0.1, 0.15) is 54.4 Å². The van der Waals surface area contributed by atoms with Crippen LogP contribution in [0.3, 0.4) is 0 Å². The van der Waals surface area contributed by atoms with Crippen molar-refractivity contribution >= 4 is 6.29 Å². The summed E-state index contributed by atoms with van der Waals surface area (Å²) in [5, 5.41) is 10.1. The van der Waals surface area contributed by atoms with E-state index in [0.29, 0.717) is 12.0 Å². The molecule has 1 saturated carbocycles. The lowest BCUT2D eigenvalue weighted by molar-refractivity contribution is -0.104. The molecule has 152 valence electrons. The summed E-state index contributed by atoms with van der Waals surface area (Å²) in [7, 11) is 0. The van der Waals surface area contributed by atoms with Crippen molar-refractivity contribution in [2.75, 3.05) is 0 Å². The number of allylic oxidation sites excluding steroid dienone is 11. The molecule has 0 aromatic heterocycles. The fourth-order valence-electron chi connectivity index (χ4n) is 4.24. The number of epoxide rings is 1. The van der Waals surface area contributed by atoms with Crippen molar-refractivity contribution in [2.45, 2.75) is 71.7 Å². The van der Waals surface area contributed by atoms with Gasteiger partial charge >= 0.3 is 0 Å². The molecule has 2 rings (SSSR count). The molecule has 3 heteroatoms. The first-order chi connectivity index (χ1) is 13.1. The van der Waals surface area contributed by atoms with E-state index < -0.39 is 0 Å². The van der Waals surface area contributed by atoms with Gasteiger partial charge in [-0.1, -0.05) is 73.6 Å². The van der Waals surface area contributed by atoms with Crippen LogP contribution in [-0.2, 0) is 9.53 Å². The fraction of sp³-hybridized carbons (Fsp3) is 0.480. The predicted octanol–water partition coefficient (Wildman–Crippen LogP) is 5.40. The first kappa shape index (κ1) is 22.3. The topological polar surface area (TPSA) is 49.8 Å². The number of fused-ring (bicyclic) bond motifs is 1. The van der Waals surface area contributed by atoms with Gasteiger partial charge in [-0.25, -0.2) is 0 Å². The quantitative estimate of drug-likeness (QED) is 0.277. The van der Waals surface area contributed by atoms with E-state index in [1.807, 2.05) is 31.2 Å². The van der Waals surface area contributed by atoms with E-state index in [4.69, 9.17) is 4.74 Å². The summed E-state index contributed by atoms with van der Waals surface area (Å²) in [5.41, 5.74) is 2.34. The number of hydrogen-bond donors (Lipinski definition) is 1. The Morgan fingerprint density at radius 2 is 1.46 bits per heavy atom. The summed E-state index contributed by atoms with van der Waals surface area (Å²) in [6.07, 6.45) is 20.1. The first-order valence-electron chi connectivity index (χ1n) is 9.95. The summed E-state index contributed by atoms with van der Waals surface area (Å²) in [6, 6.07) is 0. The van der Waals surface area contributed by atoms with Crippen LogP contribution in [-0.4, -0.2) is 28.7 Å². The monoisotopic (exact) mass is 382 g/mol. The molecule has 0 aromatic carbocycles. The molecule has 0 radical (unpaired) electrons. The van der Waals surface area contributed by atoms with Crippen molar-refractivity contribution in [2.24, 2.45) is 5.41 Å². The number of ether oxygens (including phenoxy) is 1. The molecule has 1 saturated heterocycles. The van der Waals surface area contributed by atoms with E-state index in [0.717, 1.165) is 23.9 Å². The molecule has 1 aliphatic heterocycles. The fourth-order valence-corrected chi connectivity index (χ4v) is 4.24. The molecular formula is C25H34O3. The molecule has 0 bridgehead atoms. The third-order valence-electron chi connectivity index (χ3n) is 5.82. The summed E-state index contributed by atoms with van der Waals surface area (Å²) < 4.78 is 6.18. The Kier molecular flexibility index (Phi) is 6.84.